The molecule has 6 heteroatoms. The first-order valence-electron chi connectivity index (χ1n) is 7.76. The number of fused-ring (bicyclic) bond motifs is 1. The van der Waals surface area contributed by atoms with Gasteiger partial charge in [0.05, 0.1) is 18.4 Å². The molecule has 0 radical (unpaired) electrons. The lowest BCUT2D eigenvalue weighted by molar-refractivity contribution is 0.397. The SMILES string of the molecule is COc1ccc(-c2cc(CSc3ncnc4ccccc34)on2)cc1. The van der Waals surface area contributed by atoms with E-state index in [1.165, 1.54) is 0 Å². The van der Waals surface area contributed by atoms with Gasteiger partial charge in [0.2, 0.25) is 0 Å². The quantitative estimate of drug-likeness (QED) is 0.388. The molecule has 0 spiro atoms. The Balaban J connectivity index is 1.51. The van der Waals surface area contributed by atoms with Gasteiger partial charge < -0.3 is 9.26 Å². The molecule has 0 fully saturated rings. The first kappa shape index (κ1) is 15.7. The third-order valence-electron chi connectivity index (χ3n) is 3.80. The van der Waals surface area contributed by atoms with Crippen molar-refractivity contribution in [1.29, 1.82) is 0 Å². The second-order valence-corrected chi connectivity index (χ2v) is 6.36. The van der Waals surface area contributed by atoms with Crippen LogP contribution >= 0.6 is 11.8 Å². The highest BCUT2D eigenvalue weighted by Gasteiger charge is 2.09. The van der Waals surface area contributed by atoms with Crippen molar-refractivity contribution in [1.82, 2.24) is 15.1 Å². The molecule has 4 rings (SSSR count). The summed E-state index contributed by atoms with van der Waals surface area (Å²) in [5.74, 6) is 2.28. The van der Waals surface area contributed by atoms with Crippen LogP contribution in [0.4, 0.5) is 0 Å². The number of nitrogens with zero attached hydrogens (tertiary/aromatic N) is 3. The number of benzene rings is 2. The van der Waals surface area contributed by atoms with E-state index in [2.05, 4.69) is 15.1 Å². The van der Waals surface area contributed by atoms with Gasteiger partial charge in [-0.25, -0.2) is 9.97 Å². The number of hydrogen-bond acceptors (Lipinski definition) is 6. The van der Waals surface area contributed by atoms with E-state index in [1.807, 2.05) is 54.6 Å². The molecule has 0 N–H and O–H groups in total. The van der Waals surface area contributed by atoms with Gasteiger partial charge in [0.25, 0.3) is 0 Å². The minimum atomic E-state index is 0.657. The molecule has 0 saturated carbocycles. The summed E-state index contributed by atoms with van der Waals surface area (Å²) in [6.45, 7) is 0. The molecule has 124 valence electrons. The molecule has 0 aliphatic heterocycles. The number of rotatable bonds is 5. The highest BCUT2D eigenvalue weighted by Crippen LogP contribution is 2.29. The van der Waals surface area contributed by atoms with Crippen LogP contribution in [0.15, 0.2) is 70.5 Å². The van der Waals surface area contributed by atoms with E-state index >= 15 is 0 Å². The largest absolute Gasteiger partial charge is 0.497 e. The number of aromatic nitrogens is 3. The van der Waals surface area contributed by atoms with E-state index in [9.17, 15) is 0 Å². The van der Waals surface area contributed by atoms with Crippen LogP contribution in [-0.2, 0) is 5.75 Å². The average Bonchev–Trinajstić information content (AvgIpc) is 3.15. The van der Waals surface area contributed by atoms with Gasteiger partial charge in [0.15, 0.2) is 0 Å². The molecule has 0 aliphatic rings. The van der Waals surface area contributed by atoms with Crippen molar-refractivity contribution >= 4 is 22.7 Å². The van der Waals surface area contributed by atoms with Gasteiger partial charge >= 0.3 is 0 Å². The summed E-state index contributed by atoms with van der Waals surface area (Å²) >= 11 is 1.61. The van der Waals surface area contributed by atoms with Crippen molar-refractivity contribution < 1.29 is 9.26 Å². The van der Waals surface area contributed by atoms with Gasteiger partial charge in [0, 0.05) is 17.0 Å². The molecule has 0 unspecified atom stereocenters. The van der Waals surface area contributed by atoms with E-state index < -0.39 is 0 Å². The van der Waals surface area contributed by atoms with Crippen LogP contribution in [0.5, 0.6) is 5.75 Å². The van der Waals surface area contributed by atoms with E-state index in [0.717, 1.165) is 38.7 Å². The van der Waals surface area contributed by atoms with E-state index in [4.69, 9.17) is 9.26 Å². The van der Waals surface area contributed by atoms with Crippen molar-refractivity contribution in [3.8, 4) is 17.0 Å². The maximum atomic E-state index is 5.46. The monoisotopic (exact) mass is 349 g/mol. The van der Waals surface area contributed by atoms with Crippen LogP contribution in [-0.4, -0.2) is 22.2 Å². The third-order valence-corrected chi connectivity index (χ3v) is 4.83. The Morgan fingerprint density at radius 2 is 1.88 bits per heavy atom. The summed E-state index contributed by atoms with van der Waals surface area (Å²) in [7, 11) is 1.65. The maximum Gasteiger partial charge on any atom is 0.147 e. The predicted octanol–water partition coefficient (Wildman–Crippen LogP) is 4.59. The fraction of sp³-hybridized carbons (Fsp3) is 0.105. The van der Waals surface area contributed by atoms with Gasteiger partial charge in [-0.15, -0.1) is 0 Å². The van der Waals surface area contributed by atoms with Crippen LogP contribution in [0, 0.1) is 0 Å². The van der Waals surface area contributed by atoms with E-state index in [-0.39, 0.29) is 0 Å². The van der Waals surface area contributed by atoms with Gasteiger partial charge in [-0.2, -0.15) is 0 Å². The molecule has 2 heterocycles. The molecule has 5 nitrogen and oxygen atoms in total. The molecule has 0 atom stereocenters. The van der Waals surface area contributed by atoms with Gasteiger partial charge in [-0.1, -0.05) is 35.1 Å². The minimum absolute atomic E-state index is 0.657. The second kappa shape index (κ2) is 6.94. The van der Waals surface area contributed by atoms with Gasteiger partial charge in [0.1, 0.15) is 28.6 Å². The van der Waals surface area contributed by atoms with Crippen LogP contribution < -0.4 is 4.74 Å². The molecule has 0 bridgehead atoms. The zero-order chi connectivity index (χ0) is 17.1. The summed E-state index contributed by atoms with van der Waals surface area (Å²) in [6, 6.07) is 17.7. The third kappa shape index (κ3) is 3.34. The number of ether oxygens (including phenoxy) is 1. The molecular formula is C19H15N3O2S. The topological polar surface area (TPSA) is 61.0 Å². The van der Waals surface area contributed by atoms with Gasteiger partial charge in [-0.05, 0) is 30.3 Å². The zero-order valence-corrected chi connectivity index (χ0v) is 14.4. The van der Waals surface area contributed by atoms with E-state index in [0.29, 0.717) is 5.75 Å². The molecule has 25 heavy (non-hydrogen) atoms. The fourth-order valence-electron chi connectivity index (χ4n) is 2.51. The fourth-order valence-corrected chi connectivity index (χ4v) is 3.38. The Hall–Kier alpha value is -2.86. The van der Waals surface area contributed by atoms with Crippen molar-refractivity contribution in [2.24, 2.45) is 0 Å². The van der Waals surface area contributed by atoms with Gasteiger partial charge in [-0.3, -0.25) is 0 Å². The Labute approximate surface area is 149 Å². The normalized spacial score (nSPS) is 10.9. The molecule has 0 aliphatic carbocycles. The van der Waals surface area contributed by atoms with Crippen LogP contribution in [0.3, 0.4) is 0 Å². The number of thioether (sulfide) groups is 1. The summed E-state index contributed by atoms with van der Waals surface area (Å²) in [4.78, 5) is 8.67. The lowest BCUT2D eigenvalue weighted by Crippen LogP contribution is -1.87. The number of hydrogen-bond donors (Lipinski definition) is 0. The first-order chi connectivity index (χ1) is 12.3. The Bertz CT molecular complexity index is 994. The van der Waals surface area contributed by atoms with Crippen LogP contribution in [0.25, 0.3) is 22.2 Å². The standard InChI is InChI=1S/C19H15N3O2S/c1-23-14-8-6-13(7-9-14)18-10-15(24-22-18)11-25-19-16-4-2-3-5-17(16)20-12-21-19/h2-10,12H,11H2,1H3. The Morgan fingerprint density at radius 1 is 1.04 bits per heavy atom. The van der Waals surface area contributed by atoms with Crippen molar-refractivity contribution in [3.05, 3.63) is 66.7 Å². The van der Waals surface area contributed by atoms with Crippen molar-refractivity contribution in [2.75, 3.05) is 7.11 Å². The Kier molecular flexibility index (Phi) is 4.35. The highest BCUT2D eigenvalue weighted by molar-refractivity contribution is 7.98. The van der Waals surface area contributed by atoms with E-state index in [1.54, 1.807) is 25.2 Å². The van der Waals surface area contributed by atoms with Crippen molar-refractivity contribution in [3.63, 3.8) is 0 Å². The average molecular weight is 349 g/mol. The molecule has 2 aromatic heterocycles. The summed E-state index contributed by atoms with van der Waals surface area (Å²) < 4.78 is 10.6. The summed E-state index contributed by atoms with van der Waals surface area (Å²) in [5, 5.41) is 6.14. The molecule has 4 aromatic rings. The summed E-state index contributed by atoms with van der Waals surface area (Å²) in [5.41, 5.74) is 2.75. The molecule has 2 aromatic carbocycles. The molecule has 0 amide bonds. The lowest BCUT2D eigenvalue weighted by atomic mass is 10.1. The lowest BCUT2D eigenvalue weighted by Gasteiger charge is -2.02. The van der Waals surface area contributed by atoms with Crippen LogP contribution in [0.2, 0.25) is 0 Å². The smallest absolute Gasteiger partial charge is 0.147 e. The molecule has 0 saturated heterocycles. The number of methoxy groups -OCH3 is 1. The van der Waals surface area contributed by atoms with Crippen LogP contribution in [0.1, 0.15) is 5.76 Å². The Morgan fingerprint density at radius 3 is 2.72 bits per heavy atom. The zero-order valence-electron chi connectivity index (χ0n) is 13.5. The maximum absolute atomic E-state index is 5.46. The highest BCUT2D eigenvalue weighted by atomic mass is 32.2. The second-order valence-electron chi connectivity index (χ2n) is 5.39. The molecular weight excluding hydrogens is 334 g/mol. The van der Waals surface area contributed by atoms with Crippen molar-refractivity contribution in [2.45, 2.75) is 10.8 Å². The predicted molar refractivity (Wildman–Crippen MR) is 97.6 cm³/mol. The first-order valence-corrected chi connectivity index (χ1v) is 8.74. The summed E-state index contributed by atoms with van der Waals surface area (Å²) in [6.07, 6.45) is 1.59. The number of para-hydroxylation sites is 1. The minimum Gasteiger partial charge on any atom is -0.497 e.